The Bertz CT molecular complexity index is 436. The van der Waals surface area contributed by atoms with E-state index in [9.17, 15) is 15.0 Å². The van der Waals surface area contributed by atoms with Crippen molar-refractivity contribution in [1.29, 1.82) is 0 Å². The Hall–Kier alpha value is -1.55. The van der Waals surface area contributed by atoms with Gasteiger partial charge in [-0.2, -0.15) is 0 Å². The van der Waals surface area contributed by atoms with Crippen molar-refractivity contribution in [2.45, 2.75) is 19.4 Å². The summed E-state index contributed by atoms with van der Waals surface area (Å²) in [5.74, 6) is 0.0671. The zero-order chi connectivity index (χ0) is 12.6. The molecular weight excluding hydrogens is 218 g/mol. The van der Waals surface area contributed by atoms with Gasteiger partial charge in [0.25, 0.3) is 5.91 Å². The molecule has 0 unspecified atom stereocenters. The molecule has 17 heavy (non-hydrogen) atoms. The summed E-state index contributed by atoms with van der Waals surface area (Å²) < 4.78 is 0. The number of hydrogen-bond acceptors (Lipinski definition) is 3. The number of hydrogen-bond donors (Lipinski definition) is 2. The molecule has 4 nitrogen and oxygen atoms in total. The molecule has 1 aromatic rings. The van der Waals surface area contributed by atoms with Gasteiger partial charge in [-0.05, 0) is 24.1 Å². The SMILES string of the molecule is CC(C)C1(O)CN(C(=O)c2cccc(O)c2)C1. The molecule has 0 radical (unpaired) electrons. The molecule has 2 rings (SSSR count). The third-order valence-electron chi connectivity index (χ3n) is 3.38. The molecule has 92 valence electrons. The molecule has 0 saturated carbocycles. The lowest BCUT2D eigenvalue weighted by molar-refractivity contribution is -0.110. The van der Waals surface area contributed by atoms with Gasteiger partial charge in [0.1, 0.15) is 11.4 Å². The number of phenols is 1. The first-order valence-electron chi connectivity index (χ1n) is 5.73. The summed E-state index contributed by atoms with van der Waals surface area (Å²) in [7, 11) is 0. The Morgan fingerprint density at radius 1 is 1.41 bits per heavy atom. The minimum atomic E-state index is -0.757. The van der Waals surface area contributed by atoms with E-state index in [1.54, 1.807) is 17.0 Å². The predicted octanol–water partition coefficient (Wildman–Crippen LogP) is 1.24. The van der Waals surface area contributed by atoms with Crippen LogP contribution in [-0.4, -0.2) is 39.7 Å². The fourth-order valence-corrected chi connectivity index (χ4v) is 1.94. The smallest absolute Gasteiger partial charge is 0.254 e. The van der Waals surface area contributed by atoms with Crippen molar-refractivity contribution < 1.29 is 15.0 Å². The number of phenolic OH excluding ortho intramolecular Hbond substituents is 1. The van der Waals surface area contributed by atoms with Crippen molar-refractivity contribution in [2.75, 3.05) is 13.1 Å². The summed E-state index contributed by atoms with van der Waals surface area (Å²) in [5.41, 5.74) is -0.303. The van der Waals surface area contributed by atoms with Gasteiger partial charge in [0.2, 0.25) is 0 Å². The van der Waals surface area contributed by atoms with E-state index in [-0.39, 0.29) is 17.6 Å². The second kappa shape index (κ2) is 4.04. The summed E-state index contributed by atoms with van der Waals surface area (Å²) in [4.78, 5) is 13.6. The molecular formula is C13H17NO3. The van der Waals surface area contributed by atoms with Crippen LogP contribution in [-0.2, 0) is 0 Å². The lowest BCUT2D eigenvalue weighted by atomic mass is 9.82. The van der Waals surface area contributed by atoms with E-state index in [1.165, 1.54) is 12.1 Å². The number of benzene rings is 1. The highest BCUT2D eigenvalue weighted by Gasteiger charge is 2.45. The second-order valence-corrected chi connectivity index (χ2v) is 4.97. The van der Waals surface area contributed by atoms with E-state index in [4.69, 9.17) is 0 Å². The van der Waals surface area contributed by atoms with E-state index < -0.39 is 5.60 Å². The van der Waals surface area contributed by atoms with Crippen LogP contribution < -0.4 is 0 Å². The van der Waals surface area contributed by atoms with Crippen LogP contribution in [0.5, 0.6) is 5.75 Å². The van der Waals surface area contributed by atoms with Crippen LogP contribution in [0.15, 0.2) is 24.3 Å². The van der Waals surface area contributed by atoms with Crippen LogP contribution in [0.2, 0.25) is 0 Å². The molecule has 1 heterocycles. The van der Waals surface area contributed by atoms with Crippen molar-refractivity contribution in [1.82, 2.24) is 4.90 Å². The maximum Gasteiger partial charge on any atom is 0.254 e. The van der Waals surface area contributed by atoms with Gasteiger partial charge in [-0.3, -0.25) is 4.79 Å². The summed E-state index contributed by atoms with van der Waals surface area (Å²) in [5, 5.41) is 19.4. The van der Waals surface area contributed by atoms with Crippen molar-refractivity contribution in [2.24, 2.45) is 5.92 Å². The third kappa shape index (κ3) is 2.13. The lowest BCUT2D eigenvalue weighted by Crippen LogP contribution is -2.65. The predicted molar refractivity (Wildman–Crippen MR) is 63.8 cm³/mol. The molecule has 1 saturated heterocycles. The Morgan fingerprint density at radius 2 is 2.06 bits per heavy atom. The van der Waals surface area contributed by atoms with E-state index >= 15 is 0 Å². The highest BCUT2D eigenvalue weighted by molar-refractivity contribution is 5.95. The normalized spacial score (nSPS) is 18.0. The molecule has 1 amide bonds. The van der Waals surface area contributed by atoms with Crippen LogP contribution in [0, 0.1) is 5.92 Å². The monoisotopic (exact) mass is 235 g/mol. The average molecular weight is 235 g/mol. The Balaban J connectivity index is 2.05. The average Bonchev–Trinajstić information content (AvgIpc) is 2.23. The Morgan fingerprint density at radius 3 is 2.59 bits per heavy atom. The summed E-state index contributed by atoms with van der Waals surface area (Å²) in [6, 6.07) is 6.26. The van der Waals surface area contributed by atoms with E-state index in [1.807, 2.05) is 13.8 Å². The van der Waals surface area contributed by atoms with Gasteiger partial charge in [0.05, 0.1) is 13.1 Å². The van der Waals surface area contributed by atoms with E-state index in [0.29, 0.717) is 18.7 Å². The molecule has 2 N–H and O–H groups in total. The van der Waals surface area contributed by atoms with Crippen molar-refractivity contribution >= 4 is 5.91 Å². The molecule has 1 fully saturated rings. The molecule has 0 atom stereocenters. The minimum absolute atomic E-state index is 0.0792. The van der Waals surface area contributed by atoms with Gasteiger partial charge in [-0.25, -0.2) is 0 Å². The summed E-state index contributed by atoms with van der Waals surface area (Å²) >= 11 is 0. The maximum atomic E-state index is 12.0. The number of β-amino-alcohol motifs (C(OH)–C–C–N with tert-alkyl or cyclic N) is 1. The van der Waals surface area contributed by atoms with E-state index in [0.717, 1.165) is 0 Å². The van der Waals surface area contributed by atoms with E-state index in [2.05, 4.69) is 0 Å². The number of rotatable bonds is 2. The van der Waals surface area contributed by atoms with Gasteiger partial charge in [0, 0.05) is 5.56 Å². The van der Waals surface area contributed by atoms with Crippen molar-refractivity contribution in [3.05, 3.63) is 29.8 Å². The van der Waals surface area contributed by atoms with Gasteiger partial charge in [0.15, 0.2) is 0 Å². The largest absolute Gasteiger partial charge is 0.508 e. The van der Waals surface area contributed by atoms with Gasteiger partial charge in [-0.1, -0.05) is 19.9 Å². The number of carbonyl (C=O) groups excluding carboxylic acids is 1. The fourth-order valence-electron chi connectivity index (χ4n) is 1.94. The highest BCUT2D eigenvalue weighted by atomic mass is 16.3. The molecule has 0 spiro atoms. The molecule has 0 aliphatic carbocycles. The summed E-state index contributed by atoms with van der Waals surface area (Å²) in [6.45, 7) is 4.60. The Labute approximate surface area is 100 Å². The van der Waals surface area contributed by atoms with Crippen molar-refractivity contribution in [3.63, 3.8) is 0 Å². The summed E-state index contributed by atoms with van der Waals surface area (Å²) in [6.07, 6.45) is 0. The van der Waals surface area contributed by atoms with Gasteiger partial charge >= 0.3 is 0 Å². The number of nitrogens with zero attached hydrogens (tertiary/aromatic N) is 1. The van der Waals surface area contributed by atoms with Crippen LogP contribution >= 0.6 is 0 Å². The number of amides is 1. The lowest BCUT2D eigenvalue weighted by Gasteiger charge is -2.49. The molecule has 4 heteroatoms. The zero-order valence-corrected chi connectivity index (χ0v) is 10.1. The third-order valence-corrected chi connectivity index (χ3v) is 3.38. The molecule has 1 aliphatic rings. The van der Waals surface area contributed by atoms with Crippen LogP contribution in [0.25, 0.3) is 0 Å². The van der Waals surface area contributed by atoms with Crippen LogP contribution in [0.1, 0.15) is 24.2 Å². The first kappa shape index (κ1) is 11.9. The van der Waals surface area contributed by atoms with Crippen LogP contribution in [0.3, 0.4) is 0 Å². The first-order valence-corrected chi connectivity index (χ1v) is 5.73. The number of likely N-dealkylation sites (tertiary alicyclic amines) is 1. The number of aliphatic hydroxyl groups is 1. The minimum Gasteiger partial charge on any atom is -0.508 e. The number of aromatic hydroxyl groups is 1. The quantitative estimate of drug-likeness (QED) is 0.810. The Kier molecular flexibility index (Phi) is 2.83. The van der Waals surface area contributed by atoms with Gasteiger partial charge < -0.3 is 15.1 Å². The molecule has 0 bridgehead atoms. The number of carbonyl (C=O) groups is 1. The molecule has 1 aliphatic heterocycles. The molecule has 0 aromatic heterocycles. The standard InChI is InChI=1S/C13H17NO3/c1-9(2)13(17)7-14(8-13)12(16)10-4-3-5-11(15)6-10/h3-6,9,15,17H,7-8H2,1-2H3. The van der Waals surface area contributed by atoms with Crippen molar-refractivity contribution in [3.8, 4) is 5.75 Å². The molecule has 1 aromatic carbocycles. The maximum absolute atomic E-state index is 12.0. The first-order chi connectivity index (χ1) is 7.92. The van der Waals surface area contributed by atoms with Crippen LogP contribution in [0.4, 0.5) is 0 Å². The topological polar surface area (TPSA) is 60.8 Å². The second-order valence-electron chi connectivity index (χ2n) is 4.97. The highest BCUT2D eigenvalue weighted by Crippen LogP contribution is 2.30. The fraction of sp³-hybridized carbons (Fsp3) is 0.462. The zero-order valence-electron chi connectivity index (χ0n) is 10.1. The van der Waals surface area contributed by atoms with Gasteiger partial charge in [-0.15, -0.1) is 0 Å².